The second kappa shape index (κ2) is 5.66. The van der Waals surface area contributed by atoms with E-state index in [-0.39, 0.29) is 11.4 Å². The van der Waals surface area contributed by atoms with E-state index in [2.05, 4.69) is 5.32 Å². The van der Waals surface area contributed by atoms with Gasteiger partial charge in [-0.1, -0.05) is 31.2 Å². The first-order valence-corrected chi connectivity index (χ1v) is 6.86. The zero-order chi connectivity index (χ0) is 14.8. The summed E-state index contributed by atoms with van der Waals surface area (Å²) >= 11 is 0. The number of hydrogen-bond acceptors (Lipinski definition) is 2. The molecule has 3 rings (SSSR count). The van der Waals surface area contributed by atoms with Crippen LogP contribution in [0.15, 0.2) is 46.9 Å². The summed E-state index contributed by atoms with van der Waals surface area (Å²) in [7, 11) is 0. The van der Waals surface area contributed by atoms with E-state index in [0.29, 0.717) is 28.8 Å². The van der Waals surface area contributed by atoms with Crippen LogP contribution in [0.25, 0.3) is 22.3 Å². The van der Waals surface area contributed by atoms with E-state index in [4.69, 9.17) is 4.42 Å². The van der Waals surface area contributed by atoms with Gasteiger partial charge >= 0.3 is 0 Å². The fraction of sp³-hybridized carbons (Fsp3) is 0.176. The van der Waals surface area contributed by atoms with Gasteiger partial charge in [-0.15, -0.1) is 0 Å². The third-order valence-electron chi connectivity index (χ3n) is 3.40. The molecule has 0 atom stereocenters. The van der Waals surface area contributed by atoms with Gasteiger partial charge in [-0.05, 0) is 24.7 Å². The summed E-state index contributed by atoms with van der Waals surface area (Å²) in [4.78, 5) is 0. The minimum atomic E-state index is -0.414. The number of fused-ring (bicyclic) bond motifs is 1. The molecule has 0 saturated heterocycles. The summed E-state index contributed by atoms with van der Waals surface area (Å²) in [5.74, 6) is -0.249. The van der Waals surface area contributed by atoms with Gasteiger partial charge in [0.1, 0.15) is 11.6 Å². The fourth-order valence-electron chi connectivity index (χ4n) is 2.27. The van der Waals surface area contributed by atoms with Crippen LogP contribution in [0.1, 0.15) is 12.5 Å². The zero-order valence-electron chi connectivity index (χ0n) is 11.6. The molecule has 2 aromatic carbocycles. The summed E-state index contributed by atoms with van der Waals surface area (Å²) in [6.45, 7) is 3.23. The maximum absolute atomic E-state index is 14.0. The fourth-order valence-corrected chi connectivity index (χ4v) is 2.27. The molecule has 0 amide bonds. The number of nitrogens with one attached hydrogen (secondary N) is 1. The maximum Gasteiger partial charge on any atom is 0.170 e. The Morgan fingerprint density at radius 3 is 2.62 bits per heavy atom. The van der Waals surface area contributed by atoms with Crippen molar-refractivity contribution in [3.63, 3.8) is 0 Å². The van der Waals surface area contributed by atoms with E-state index in [1.165, 1.54) is 12.1 Å². The average Bonchev–Trinajstić information content (AvgIpc) is 2.91. The number of rotatable bonds is 4. The van der Waals surface area contributed by atoms with Gasteiger partial charge in [0.25, 0.3) is 0 Å². The highest BCUT2D eigenvalue weighted by Gasteiger charge is 2.11. The van der Waals surface area contributed by atoms with Crippen LogP contribution < -0.4 is 5.32 Å². The van der Waals surface area contributed by atoms with Crippen molar-refractivity contribution in [1.29, 1.82) is 0 Å². The molecule has 0 bridgehead atoms. The largest absolute Gasteiger partial charge is 0.453 e. The molecule has 0 fully saturated rings. The van der Waals surface area contributed by atoms with Gasteiger partial charge in [0.2, 0.25) is 0 Å². The Balaban J connectivity index is 1.98. The summed E-state index contributed by atoms with van der Waals surface area (Å²) in [5, 5.41) is 3.75. The van der Waals surface area contributed by atoms with Gasteiger partial charge in [0.15, 0.2) is 11.4 Å². The Bertz CT molecular complexity index is 780. The van der Waals surface area contributed by atoms with E-state index in [1.54, 1.807) is 30.3 Å². The van der Waals surface area contributed by atoms with Crippen LogP contribution in [0.4, 0.5) is 8.78 Å². The first kappa shape index (κ1) is 13.8. The SMILES string of the molecule is CCNCc1ccc(-c2cc3cccc(F)c3o2)cc1F. The third kappa shape index (κ3) is 2.67. The van der Waals surface area contributed by atoms with Crippen LogP contribution in [-0.4, -0.2) is 6.54 Å². The van der Waals surface area contributed by atoms with Crippen LogP contribution >= 0.6 is 0 Å². The molecule has 0 aliphatic rings. The molecule has 0 unspecified atom stereocenters. The van der Waals surface area contributed by atoms with E-state index < -0.39 is 5.82 Å². The number of furan rings is 1. The lowest BCUT2D eigenvalue weighted by Crippen LogP contribution is -2.12. The molecule has 1 aromatic heterocycles. The van der Waals surface area contributed by atoms with Crippen LogP contribution in [0.2, 0.25) is 0 Å². The van der Waals surface area contributed by atoms with E-state index >= 15 is 0 Å². The molecule has 108 valence electrons. The second-order valence-electron chi connectivity index (χ2n) is 4.86. The highest BCUT2D eigenvalue weighted by atomic mass is 19.1. The van der Waals surface area contributed by atoms with E-state index in [9.17, 15) is 8.78 Å². The van der Waals surface area contributed by atoms with Crippen molar-refractivity contribution in [3.05, 3.63) is 59.7 Å². The maximum atomic E-state index is 14.0. The van der Waals surface area contributed by atoms with Gasteiger partial charge in [0, 0.05) is 23.1 Å². The van der Waals surface area contributed by atoms with Crippen molar-refractivity contribution in [1.82, 2.24) is 5.32 Å². The predicted molar refractivity (Wildman–Crippen MR) is 78.9 cm³/mol. The van der Waals surface area contributed by atoms with Gasteiger partial charge < -0.3 is 9.73 Å². The van der Waals surface area contributed by atoms with Gasteiger partial charge in [0.05, 0.1) is 0 Å². The molecule has 21 heavy (non-hydrogen) atoms. The minimum absolute atomic E-state index is 0.199. The Morgan fingerprint density at radius 2 is 1.90 bits per heavy atom. The first-order valence-electron chi connectivity index (χ1n) is 6.86. The van der Waals surface area contributed by atoms with Crippen molar-refractivity contribution in [3.8, 4) is 11.3 Å². The molecule has 0 saturated carbocycles. The molecule has 1 N–H and O–H groups in total. The molecule has 3 aromatic rings. The summed E-state index contributed by atoms with van der Waals surface area (Å²) < 4.78 is 33.2. The van der Waals surface area contributed by atoms with Crippen molar-refractivity contribution >= 4 is 11.0 Å². The predicted octanol–water partition coefficient (Wildman–Crippen LogP) is 4.49. The molecule has 0 spiro atoms. The zero-order valence-corrected chi connectivity index (χ0v) is 11.6. The summed E-state index contributed by atoms with van der Waals surface area (Å²) in [5.41, 5.74) is 1.40. The first-order chi connectivity index (χ1) is 10.2. The van der Waals surface area contributed by atoms with Crippen LogP contribution in [0, 0.1) is 11.6 Å². The van der Waals surface area contributed by atoms with Crippen LogP contribution in [0.5, 0.6) is 0 Å². The molecular formula is C17H15F2NO. The topological polar surface area (TPSA) is 25.2 Å². The van der Waals surface area contributed by atoms with Gasteiger partial charge in [-0.3, -0.25) is 0 Å². The lowest BCUT2D eigenvalue weighted by atomic mass is 10.1. The molecule has 4 heteroatoms. The Hall–Kier alpha value is -2.20. The van der Waals surface area contributed by atoms with Crippen LogP contribution in [0.3, 0.4) is 0 Å². The van der Waals surface area contributed by atoms with Gasteiger partial charge in [-0.25, -0.2) is 8.78 Å². The Kier molecular flexibility index (Phi) is 3.71. The number of benzene rings is 2. The molecule has 0 aliphatic heterocycles. The highest BCUT2D eigenvalue weighted by molar-refractivity contribution is 5.83. The lowest BCUT2D eigenvalue weighted by Gasteiger charge is -2.05. The molecule has 0 aliphatic carbocycles. The minimum Gasteiger partial charge on any atom is -0.453 e. The third-order valence-corrected chi connectivity index (χ3v) is 3.40. The van der Waals surface area contributed by atoms with Gasteiger partial charge in [-0.2, -0.15) is 0 Å². The summed E-state index contributed by atoms with van der Waals surface area (Å²) in [6, 6.07) is 11.4. The second-order valence-corrected chi connectivity index (χ2v) is 4.86. The standard InChI is InChI=1S/C17H15F2NO/c1-2-20-10-13-7-6-11(8-15(13)19)16-9-12-4-3-5-14(18)17(12)21-16/h3-9,20H,2,10H2,1H3. The monoisotopic (exact) mass is 287 g/mol. The molecular weight excluding hydrogens is 272 g/mol. The molecule has 2 nitrogen and oxygen atoms in total. The Labute approximate surface area is 121 Å². The van der Waals surface area contributed by atoms with Crippen molar-refractivity contribution in [2.24, 2.45) is 0 Å². The Morgan fingerprint density at radius 1 is 1.05 bits per heavy atom. The van der Waals surface area contributed by atoms with Crippen molar-refractivity contribution in [2.75, 3.05) is 6.54 Å². The number of para-hydroxylation sites is 1. The smallest absolute Gasteiger partial charge is 0.170 e. The molecule has 0 radical (unpaired) electrons. The van der Waals surface area contributed by atoms with E-state index in [1.807, 2.05) is 6.92 Å². The van der Waals surface area contributed by atoms with E-state index in [0.717, 1.165) is 6.54 Å². The number of halogens is 2. The lowest BCUT2D eigenvalue weighted by molar-refractivity contribution is 0.566. The normalized spacial score (nSPS) is 11.2. The number of hydrogen-bond donors (Lipinski definition) is 1. The molecule has 1 heterocycles. The van der Waals surface area contributed by atoms with Crippen LogP contribution in [-0.2, 0) is 6.54 Å². The summed E-state index contributed by atoms with van der Waals surface area (Å²) in [6.07, 6.45) is 0. The van der Waals surface area contributed by atoms with Crippen molar-refractivity contribution < 1.29 is 13.2 Å². The highest BCUT2D eigenvalue weighted by Crippen LogP contribution is 2.30. The van der Waals surface area contributed by atoms with Crippen molar-refractivity contribution in [2.45, 2.75) is 13.5 Å². The quantitative estimate of drug-likeness (QED) is 0.765. The average molecular weight is 287 g/mol.